The summed E-state index contributed by atoms with van der Waals surface area (Å²) in [6.45, 7) is 0. The van der Waals surface area contributed by atoms with Gasteiger partial charge in [0.05, 0.1) is 16.9 Å². The van der Waals surface area contributed by atoms with Crippen molar-refractivity contribution in [2.24, 2.45) is 0 Å². The van der Waals surface area contributed by atoms with Gasteiger partial charge in [0.15, 0.2) is 11.0 Å². The first-order chi connectivity index (χ1) is 12.6. The molecule has 0 amide bonds. The van der Waals surface area contributed by atoms with Gasteiger partial charge in [-0.2, -0.15) is 0 Å². The Morgan fingerprint density at radius 2 is 1.77 bits per heavy atom. The molecule has 0 saturated carbocycles. The molecule has 0 saturated heterocycles. The van der Waals surface area contributed by atoms with E-state index in [0.29, 0.717) is 28.8 Å². The topological polar surface area (TPSA) is 77.6 Å². The first kappa shape index (κ1) is 16.4. The molecule has 0 radical (unpaired) electrons. The minimum Gasteiger partial charge on any atom is -0.368 e. The highest BCUT2D eigenvalue weighted by molar-refractivity contribution is 6.29. The molecule has 0 aliphatic heterocycles. The summed E-state index contributed by atoms with van der Waals surface area (Å²) in [5.74, 6) is -0.432. The number of nitrogens with zero attached hydrogens (tertiary/aromatic N) is 4. The normalized spacial score (nSPS) is 11.0. The molecule has 128 valence electrons. The first-order valence-corrected chi connectivity index (χ1v) is 8.27. The summed E-state index contributed by atoms with van der Waals surface area (Å²) < 4.78 is 14.3. The van der Waals surface area contributed by atoms with E-state index in [9.17, 15) is 4.39 Å². The number of anilines is 1. The van der Waals surface area contributed by atoms with E-state index in [0.717, 1.165) is 5.56 Å². The molecule has 0 atom stereocenters. The number of nitrogen functional groups attached to an aromatic ring is 1. The second kappa shape index (κ2) is 6.65. The number of rotatable bonds is 3. The van der Waals surface area contributed by atoms with Gasteiger partial charge < -0.3 is 5.73 Å². The lowest BCUT2D eigenvalue weighted by molar-refractivity contribution is 0.625. The van der Waals surface area contributed by atoms with Crippen molar-refractivity contribution in [3.63, 3.8) is 0 Å². The summed E-state index contributed by atoms with van der Waals surface area (Å²) in [6, 6.07) is 14.8. The lowest BCUT2D eigenvalue weighted by Crippen LogP contribution is -2.04. The lowest BCUT2D eigenvalue weighted by atomic mass is 10.1. The number of hydrogen-bond acceptors (Lipinski definition) is 5. The average molecular weight is 366 g/mol. The summed E-state index contributed by atoms with van der Waals surface area (Å²) in [5, 5.41) is -0.192. The van der Waals surface area contributed by atoms with Gasteiger partial charge in [0, 0.05) is 18.2 Å². The minimum absolute atomic E-state index is 0.177. The maximum atomic E-state index is 14.3. The van der Waals surface area contributed by atoms with Gasteiger partial charge in [0.2, 0.25) is 5.95 Å². The molecular formula is C19H13ClFN5. The summed E-state index contributed by atoms with van der Waals surface area (Å²) in [4.78, 5) is 16.9. The van der Waals surface area contributed by atoms with Crippen molar-refractivity contribution >= 4 is 28.6 Å². The SMILES string of the molecule is Nc1nc(Cc2ccccc2)c2nc(-c3ccnc(Cl)c3F)ccc2n1. The molecule has 7 heteroatoms. The molecule has 2 N–H and O–H groups in total. The second-order valence-electron chi connectivity index (χ2n) is 5.72. The summed E-state index contributed by atoms with van der Waals surface area (Å²) in [5.41, 5.74) is 9.47. The maximum Gasteiger partial charge on any atom is 0.220 e. The van der Waals surface area contributed by atoms with Crippen LogP contribution in [-0.2, 0) is 6.42 Å². The van der Waals surface area contributed by atoms with Gasteiger partial charge in [0.1, 0.15) is 5.52 Å². The molecular weight excluding hydrogens is 353 g/mol. The Morgan fingerprint density at radius 3 is 2.58 bits per heavy atom. The second-order valence-corrected chi connectivity index (χ2v) is 6.08. The van der Waals surface area contributed by atoms with E-state index in [1.54, 1.807) is 12.1 Å². The Bertz CT molecular complexity index is 1100. The highest BCUT2D eigenvalue weighted by Crippen LogP contribution is 2.27. The number of halogens is 2. The van der Waals surface area contributed by atoms with Gasteiger partial charge >= 0.3 is 0 Å². The first-order valence-electron chi connectivity index (χ1n) is 7.89. The molecule has 0 fully saturated rings. The highest BCUT2D eigenvalue weighted by Gasteiger charge is 2.14. The molecule has 4 aromatic rings. The Balaban J connectivity index is 1.88. The maximum absolute atomic E-state index is 14.3. The minimum atomic E-state index is -0.609. The van der Waals surface area contributed by atoms with Crippen LogP contribution in [0.15, 0.2) is 54.7 Å². The number of hydrogen-bond donors (Lipinski definition) is 1. The number of pyridine rings is 2. The molecule has 5 nitrogen and oxygen atoms in total. The number of nitrogens with two attached hydrogens (primary N) is 1. The van der Waals surface area contributed by atoms with E-state index >= 15 is 0 Å². The van der Waals surface area contributed by atoms with Gasteiger partial charge in [0.25, 0.3) is 0 Å². The van der Waals surface area contributed by atoms with Crippen LogP contribution in [0, 0.1) is 5.82 Å². The fourth-order valence-corrected chi connectivity index (χ4v) is 2.93. The van der Waals surface area contributed by atoms with Crippen molar-refractivity contribution in [3.05, 3.63) is 77.0 Å². The Morgan fingerprint density at radius 1 is 0.962 bits per heavy atom. The third-order valence-corrected chi connectivity index (χ3v) is 4.23. The molecule has 0 spiro atoms. The van der Waals surface area contributed by atoms with E-state index in [1.807, 2.05) is 30.3 Å². The van der Waals surface area contributed by atoms with Crippen molar-refractivity contribution < 1.29 is 4.39 Å². The molecule has 0 unspecified atom stereocenters. The lowest BCUT2D eigenvalue weighted by Gasteiger charge is -2.09. The summed E-state index contributed by atoms with van der Waals surface area (Å²) >= 11 is 5.79. The largest absolute Gasteiger partial charge is 0.368 e. The molecule has 3 heterocycles. The third kappa shape index (κ3) is 3.07. The van der Waals surface area contributed by atoms with Crippen LogP contribution in [0.4, 0.5) is 10.3 Å². The molecule has 1 aromatic carbocycles. The number of aromatic nitrogens is 4. The Hall–Kier alpha value is -3.12. The smallest absolute Gasteiger partial charge is 0.220 e. The van der Waals surface area contributed by atoms with E-state index in [1.165, 1.54) is 12.3 Å². The average Bonchev–Trinajstić information content (AvgIpc) is 2.64. The van der Waals surface area contributed by atoms with E-state index in [-0.39, 0.29) is 16.7 Å². The molecule has 0 aliphatic carbocycles. The van der Waals surface area contributed by atoms with Crippen LogP contribution >= 0.6 is 11.6 Å². The molecule has 3 aromatic heterocycles. The zero-order chi connectivity index (χ0) is 18.1. The van der Waals surface area contributed by atoms with Crippen LogP contribution < -0.4 is 5.73 Å². The summed E-state index contributed by atoms with van der Waals surface area (Å²) in [7, 11) is 0. The molecule has 0 aliphatic rings. The van der Waals surface area contributed by atoms with Crippen molar-refractivity contribution in [2.75, 3.05) is 5.73 Å². The highest BCUT2D eigenvalue weighted by atomic mass is 35.5. The van der Waals surface area contributed by atoms with Crippen LogP contribution in [0.1, 0.15) is 11.3 Å². The van der Waals surface area contributed by atoms with Gasteiger partial charge in [-0.3, -0.25) is 0 Å². The number of benzene rings is 1. The number of fused-ring (bicyclic) bond motifs is 1. The van der Waals surface area contributed by atoms with Crippen LogP contribution in [0.5, 0.6) is 0 Å². The molecule has 4 rings (SSSR count). The summed E-state index contributed by atoms with van der Waals surface area (Å²) in [6.07, 6.45) is 1.98. The third-order valence-electron chi connectivity index (χ3n) is 3.97. The van der Waals surface area contributed by atoms with Gasteiger partial charge in [-0.05, 0) is 23.8 Å². The Labute approximate surface area is 153 Å². The molecule has 26 heavy (non-hydrogen) atoms. The van der Waals surface area contributed by atoms with Crippen molar-refractivity contribution in [1.82, 2.24) is 19.9 Å². The van der Waals surface area contributed by atoms with Gasteiger partial charge in [-0.25, -0.2) is 24.3 Å². The fraction of sp³-hybridized carbons (Fsp3) is 0.0526. The predicted octanol–water partition coefficient (Wildman–Crippen LogP) is 4.05. The van der Waals surface area contributed by atoms with Gasteiger partial charge in [-0.1, -0.05) is 41.9 Å². The fourth-order valence-electron chi connectivity index (χ4n) is 2.77. The van der Waals surface area contributed by atoms with E-state index < -0.39 is 5.82 Å². The van der Waals surface area contributed by atoms with Crippen LogP contribution in [0.25, 0.3) is 22.3 Å². The van der Waals surface area contributed by atoms with Crippen LogP contribution in [0.3, 0.4) is 0 Å². The predicted molar refractivity (Wildman–Crippen MR) is 99.2 cm³/mol. The molecule has 0 bridgehead atoms. The zero-order valence-corrected chi connectivity index (χ0v) is 14.3. The van der Waals surface area contributed by atoms with Crippen molar-refractivity contribution in [2.45, 2.75) is 6.42 Å². The van der Waals surface area contributed by atoms with E-state index in [4.69, 9.17) is 17.3 Å². The van der Waals surface area contributed by atoms with Crippen molar-refractivity contribution in [1.29, 1.82) is 0 Å². The monoisotopic (exact) mass is 365 g/mol. The Kier molecular flexibility index (Phi) is 4.18. The van der Waals surface area contributed by atoms with Crippen LogP contribution in [-0.4, -0.2) is 19.9 Å². The van der Waals surface area contributed by atoms with Crippen LogP contribution in [0.2, 0.25) is 5.15 Å². The standard InChI is InChI=1S/C19H13ClFN5/c20-18-16(21)12(8-9-23-18)13-6-7-14-17(24-13)15(26-19(22)25-14)10-11-4-2-1-3-5-11/h1-9H,10H2,(H2,22,25,26). The van der Waals surface area contributed by atoms with Gasteiger partial charge in [-0.15, -0.1) is 0 Å². The van der Waals surface area contributed by atoms with E-state index in [2.05, 4.69) is 19.9 Å². The quantitative estimate of drug-likeness (QED) is 0.554. The van der Waals surface area contributed by atoms with Crippen molar-refractivity contribution in [3.8, 4) is 11.3 Å². The zero-order valence-electron chi connectivity index (χ0n) is 13.5.